The molecule has 0 unspecified atom stereocenters. The summed E-state index contributed by atoms with van der Waals surface area (Å²) >= 11 is 5.53. The largest absolute Gasteiger partial charge is 0.380 e. The summed E-state index contributed by atoms with van der Waals surface area (Å²) in [6.45, 7) is 5.59. The van der Waals surface area contributed by atoms with Crippen LogP contribution in [-0.2, 0) is 4.74 Å². The molecule has 1 aromatic rings. The molecule has 5 nitrogen and oxygen atoms in total. The molecule has 1 N–H and O–H groups in total. The first-order valence-corrected chi connectivity index (χ1v) is 6.74. The first-order valence-electron chi connectivity index (χ1n) is 6.37. The molecule has 0 amide bonds. The van der Waals surface area contributed by atoms with Crippen LogP contribution in [-0.4, -0.2) is 24.7 Å². The van der Waals surface area contributed by atoms with Crippen LogP contribution in [0.4, 0.5) is 15.8 Å². The van der Waals surface area contributed by atoms with E-state index in [4.69, 9.17) is 16.3 Å². The van der Waals surface area contributed by atoms with Crippen LogP contribution in [0.3, 0.4) is 0 Å². The van der Waals surface area contributed by atoms with Crippen molar-refractivity contribution in [1.82, 2.24) is 0 Å². The van der Waals surface area contributed by atoms with E-state index in [1.54, 1.807) is 0 Å². The van der Waals surface area contributed by atoms with Crippen LogP contribution in [0.5, 0.6) is 0 Å². The van der Waals surface area contributed by atoms with Gasteiger partial charge in [0.1, 0.15) is 11.5 Å². The first-order chi connectivity index (χ1) is 9.41. The topological polar surface area (TPSA) is 64.4 Å². The number of ether oxygens (including phenoxy) is 1. The molecule has 0 heterocycles. The lowest BCUT2D eigenvalue weighted by atomic mass is 10.1. The monoisotopic (exact) mass is 304 g/mol. The van der Waals surface area contributed by atoms with E-state index in [9.17, 15) is 14.5 Å². The Morgan fingerprint density at radius 2 is 2.15 bits per heavy atom. The van der Waals surface area contributed by atoms with Crippen molar-refractivity contribution in [2.45, 2.75) is 20.3 Å². The Morgan fingerprint density at radius 1 is 1.45 bits per heavy atom. The van der Waals surface area contributed by atoms with Crippen LogP contribution in [0.15, 0.2) is 12.1 Å². The predicted octanol–water partition coefficient (Wildman–Crippen LogP) is 3.86. The summed E-state index contributed by atoms with van der Waals surface area (Å²) in [6.07, 6.45) is 0.954. The van der Waals surface area contributed by atoms with E-state index in [0.717, 1.165) is 18.6 Å². The van der Waals surface area contributed by atoms with E-state index in [1.165, 1.54) is 0 Å². The molecule has 112 valence electrons. The van der Waals surface area contributed by atoms with Crippen molar-refractivity contribution in [2.24, 2.45) is 5.92 Å². The Bertz CT molecular complexity index is 469. The fraction of sp³-hybridized carbons (Fsp3) is 0.538. The molecule has 0 aliphatic carbocycles. The van der Waals surface area contributed by atoms with Gasteiger partial charge in [-0.3, -0.25) is 10.1 Å². The van der Waals surface area contributed by atoms with Gasteiger partial charge in [0.25, 0.3) is 5.69 Å². The molecule has 0 saturated heterocycles. The van der Waals surface area contributed by atoms with Gasteiger partial charge in [-0.15, -0.1) is 0 Å². The van der Waals surface area contributed by atoms with Crippen LogP contribution in [0.25, 0.3) is 0 Å². The van der Waals surface area contributed by atoms with Gasteiger partial charge in [-0.1, -0.05) is 25.4 Å². The molecule has 0 aliphatic heterocycles. The number of benzene rings is 1. The molecule has 1 rings (SSSR count). The SMILES string of the molecule is CC(C)CCOCCNc1cc(F)c(Cl)cc1[N+](=O)[O-]. The van der Waals surface area contributed by atoms with Gasteiger partial charge in [-0.05, 0) is 12.3 Å². The average Bonchev–Trinajstić information content (AvgIpc) is 2.36. The quantitative estimate of drug-likeness (QED) is 0.450. The molecule has 0 fully saturated rings. The van der Waals surface area contributed by atoms with Gasteiger partial charge in [-0.25, -0.2) is 4.39 Å². The predicted molar refractivity (Wildman–Crippen MR) is 76.8 cm³/mol. The Labute approximate surface area is 122 Å². The van der Waals surface area contributed by atoms with E-state index in [0.29, 0.717) is 25.7 Å². The molecule has 7 heteroatoms. The van der Waals surface area contributed by atoms with Crippen molar-refractivity contribution >= 4 is 23.0 Å². The Balaban J connectivity index is 2.51. The van der Waals surface area contributed by atoms with Gasteiger partial charge in [0.15, 0.2) is 0 Å². The summed E-state index contributed by atoms with van der Waals surface area (Å²) in [5.74, 6) is -0.130. The maximum absolute atomic E-state index is 13.3. The van der Waals surface area contributed by atoms with Gasteiger partial charge in [0.2, 0.25) is 0 Å². The van der Waals surface area contributed by atoms with Crippen molar-refractivity contribution in [1.29, 1.82) is 0 Å². The van der Waals surface area contributed by atoms with Crippen LogP contribution in [0.2, 0.25) is 5.02 Å². The zero-order valence-electron chi connectivity index (χ0n) is 11.5. The van der Waals surface area contributed by atoms with E-state index in [-0.39, 0.29) is 16.4 Å². The van der Waals surface area contributed by atoms with Crippen molar-refractivity contribution in [3.8, 4) is 0 Å². The maximum Gasteiger partial charge on any atom is 0.294 e. The minimum Gasteiger partial charge on any atom is -0.380 e. The van der Waals surface area contributed by atoms with E-state index in [2.05, 4.69) is 19.2 Å². The standard InChI is InChI=1S/C13H18ClFN2O3/c1-9(2)3-5-20-6-4-16-12-8-11(15)10(14)7-13(12)17(18)19/h7-9,16H,3-6H2,1-2H3. The highest BCUT2D eigenvalue weighted by Crippen LogP contribution is 2.30. The van der Waals surface area contributed by atoms with Crippen molar-refractivity contribution < 1.29 is 14.1 Å². The van der Waals surface area contributed by atoms with Gasteiger partial charge in [0.05, 0.1) is 16.6 Å². The number of nitrogens with one attached hydrogen (secondary N) is 1. The van der Waals surface area contributed by atoms with Crippen molar-refractivity contribution in [3.05, 3.63) is 33.1 Å². The maximum atomic E-state index is 13.3. The molecular weight excluding hydrogens is 287 g/mol. The molecular formula is C13H18ClFN2O3. The average molecular weight is 305 g/mol. The summed E-state index contributed by atoms with van der Waals surface area (Å²) < 4.78 is 18.7. The smallest absolute Gasteiger partial charge is 0.294 e. The lowest BCUT2D eigenvalue weighted by molar-refractivity contribution is -0.384. The van der Waals surface area contributed by atoms with Crippen LogP contribution < -0.4 is 5.32 Å². The van der Waals surface area contributed by atoms with Gasteiger partial charge >= 0.3 is 0 Å². The fourth-order valence-electron chi connectivity index (χ4n) is 1.51. The van der Waals surface area contributed by atoms with Crippen LogP contribution in [0.1, 0.15) is 20.3 Å². The van der Waals surface area contributed by atoms with E-state index < -0.39 is 10.7 Å². The minimum atomic E-state index is -0.694. The molecule has 0 aromatic heterocycles. The molecule has 1 aromatic carbocycles. The second-order valence-electron chi connectivity index (χ2n) is 4.76. The third-order valence-electron chi connectivity index (χ3n) is 2.64. The number of nitro benzene ring substituents is 1. The van der Waals surface area contributed by atoms with Crippen molar-refractivity contribution in [3.63, 3.8) is 0 Å². The third kappa shape index (κ3) is 5.30. The van der Waals surface area contributed by atoms with Crippen LogP contribution in [0, 0.1) is 21.8 Å². The first kappa shape index (κ1) is 16.7. The third-order valence-corrected chi connectivity index (χ3v) is 2.93. The second kappa shape index (κ2) is 8.01. The Kier molecular flexibility index (Phi) is 6.67. The summed E-state index contributed by atoms with van der Waals surface area (Å²) in [4.78, 5) is 10.2. The van der Waals surface area contributed by atoms with Crippen molar-refractivity contribution in [2.75, 3.05) is 25.1 Å². The number of rotatable bonds is 8. The molecule has 20 heavy (non-hydrogen) atoms. The summed E-state index contributed by atoms with van der Waals surface area (Å²) in [5.41, 5.74) is -0.150. The zero-order valence-corrected chi connectivity index (χ0v) is 12.2. The Hall–Kier alpha value is -1.40. The van der Waals surface area contributed by atoms with Gasteiger partial charge in [0, 0.05) is 25.3 Å². The van der Waals surface area contributed by atoms with Crippen LogP contribution >= 0.6 is 11.6 Å². The minimum absolute atomic E-state index is 0.101. The molecule has 0 saturated carbocycles. The number of anilines is 1. The number of nitro groups is 1. The summed E-state index contributed by atoms with van der Waals surface area (Å²) in [7, 11) is 0. The van der Waals surface area contributed by atoms with E-state index in [1.807, 2.05) is 0 Å². The zero-order chi connectivity index (χ0) is 15.1. The lowest BCUT2D eigenvalue weighted by Gasteiger charge is -2.09. The second-order valence-corrected chi connectivity index (χ2v) is 5.17. The highest BCUT2D eigenvalue weighted by atomic mass is 35.5. The lowest BCUT2D eigenvalue weighted by Crippen LogP contribution is -2.12. The number of nitrogens with zero attached hydrogens (tertiary/aromatic N) is 1. The Morgan fingerprint density at radius 3 is 2.75 bits per heavy atom. The molecule has 0 aliphatic rings. The number of halogens is 2. The molecule has 0 atom stereocenters. The summed E-state index contributed by atoms with van der Waals surface area (Å²) in [5, 5.41) is 13.4. The number of hydrogen-bond donors (Lipinski definition) is 1. The van der Waals surface area contributed by atoms with E-state index >= 15 is 0 Å². The van der Waals surface area contributed by atoms with Gasteiger partial charge in [-0.2, -0.15) is 0 Å². The normalized spacial score (nSPS) is 10.8. The summed E-state index contributed by atoms with van der Waals surface area (Å²) in [6, 6.07) is 2.02. The highest BCUT2D eigenvalue weighted by Gasteiger charge is 2.17. The molecule has 0 bridgehead atoms. The molecule has 0 spiro atoms. The van der Waals surface area contributed by atoms with Gasteiger partial charge < -0.3 is 10.1 Å². The number of hydrogen-bond acceptors (Lipinski definition) is 4. The molecule has 0 radical (unpaired) electrons. The fourth-order valence-corrected chi connectivity index (χ4v) is 1.67. The highest BCUT2D eigenvalue weighted by molar-refractivity contribution is 6.31.